The smallest absolute Gasteiger partial charge is 0.272 e. The molecule has 0 saturated heterocycles. The lowest BCUT2D eigenvalue weighted by molar-refractivity contribution is -0.119. The summed E-state index contributed by atoms with van der Waals surface area (Å²) in [5.41, 5.74) is 3.18. The summed E-state index contributed by atoms with van der Waals surface area (Å²) >= 11 is 11.7. The number of hydrogen-bond acceptors (Lipinski definition) is 3. The number of rotatable bonds is 4. The van der Waals surface area contributed by atoms with Crippen LogP contribution in [0.3, 0.4) is 0 Å². The SMILES string of the molecule is CCCN(C)C(=S)NC1N=C(c2ccccc2)c2cc(Cl)ccc2N(C)C1=O. The lowest BCUT2D eigenvalue weighted by Gasteiger charge is -2.25. The Morgan fingerprint density at radius 3 is 2.68 bits per heavy atom. The predicted octanol–water partition coefficient (Wildman–Crippen LogP) is 3.70. The molecule has 5 nitrogen and oxygen atoms in total. The molecule has 0 bridgehead atoms. The zero-order valence-corrected chi connectivity index (χ0v) is 17.7. The molecule has 1 heterocycles. The molecule has 1 atom stereocenters. The van der Waals surface area contributed by atoms with Crippen LogP contribution in [0.4, 0.5) is 5.69 Å². The first kappa shape index (κ1) is 20.3. The number of benzodiazepines with no additional fused rings is 1. The van der Waals surface area contributed by atoms with E-state index in [1.807, 2.05) is 54.4 Å². The van der Waals surface area contributed by atoms with E-state index in [4.69, 9.17) is 28.8 Å². The molecule has 0 aromatic heterocycles. The molecule has 0 radical (unpaired) electrons. The number of carbonyl (C=O) groups is 1. The molecule has 0 aliphatic carbocycles. The van der Waals surface area contributed by atoms with Gasteiger partial charge in [-0.05, 0) is 36.8 Å². The molecule has 1 aliphatic rings. The highest BCUT2D eigenvalue weighted by Gasteiger charge is 2.31. The lowest BCUT2D eigenvalue weighted by atomic mass is 10.0. The van der Waals surface area contributed by atoms with E-state index >= 15 is 0 Å². The highest BCUT2D eigenvalue weighted by atomic mass is 35.5. The molecule has 1 aliphatic heterocycles. The molecule has 0 spiro atoms. The van der Waals surface area contributed by atoms with Gasteiger partial charge in [-0.15, -0.1) is 0 Å². The van der Waals surface area contributed by atoms with Gasteiger partial charge in [-0.1, -0.05) is 48.9 Å². The molecule has 146 valence electrons. The second-order valence-electron chi connectivity index (χ2n) is 6.68. The fraction of sp³-hybridized carbons (Fsp3) is 0.286. The summed E-state index contributed by atoms with van der Waals surface area (Å²) < 4.78 is 0. The van der Waals surface area contributed by atoms with Crippen LogP contribution in [0, 0.1) is 0 Å². The van der Waals surface area contributed by atoms with Gasteiger partial charge in [-0.25, -0.2) is 4.99 Å². The Morgan fingerprint density at radius 1 is 1.29 bits per heavy atom. The van der Waals surface area contributed by atoms with Crippen molar-refractivity contribution in [2.24, 2.45) is 4.99 Å². The van der Waals surface area contributed by atoms with Crippen molar-refractivity contribution in [1.29, 1.82) is 0 Å². The van der Waals surface area contributed by atoms with Crippen LogP contribution in [0.2, 0.25) is 5.02 Å². The van der Waals surface area contributed by atoms with Gasteiger partial charge in [0.15, 0.2) is 5.11 Å². The predicted molar refractivity (Wildman–Crippen MR) is 119 cm³/mol. The van der Waals surface area contributed by atoms with E-state index in [1.54, 1.807) is 18.0 Å². The normalized spacial score (nSPS) is 16.1. The fourth-order valence-corrected chi connectivity index (χ4v) is 3.51. The maximum absolute atomic E-state index is 13.1. The number of aliphatic imine (C=N–C) groups is 1. The third kappa shape index (κ3) is 4.18. The molecule has 1 unspecified atom stereocenters. The molecule has 0 fully saturated rings. The van der Waals surface area contributed by atoms with Crippen LogP contribution in [0.5, 0.6) is 0 Å². The van der Waals surface area contributed by atoms with Gasteiger partial charge >= 0.3 is 0 Å². The lowest BCUT2D eigenvalue weighted by Crippen LogP contribution is -2.49. The Hall–Kier alpha value is -2.44. The molecule has 2 aromatic carbocycles. The molecular weight excluding hydrogens is 392 g/mol. The Morgan fingerprint density at radius 2 is 2.00 bits per heavy atom. The largest absolute Gasteiger partial charge is 0.352 e. The molecular formula is C21H23ClN4OS. The van der Waals surface area contributed by atoms with Crippen LogP contribution in [0.25, 0.3) is 0 Å². The number of amides is 1. The van der Waals surface area contributed by atoms with E-state index in [0.717, 1.165) is 29.8 Å². The van der Waals surface area contributed by atoms with Crippen molar-refractivity contribution in [2.45, 2.75) is 19.5 Å². The second kappa shape index (κ2) is 8.71. The van der Waals surface area contributed by atoms with Crippen LogP contribution in [-0.4, -0.2) is 48.4 Å². The molecule has 28 heavy (non-hydrogen) atoms. The topological polar surface area (TPSA) is 47.9 Å². The minimum atomic E-state index is -0.821. The van der Waals surface area contributed by atoms with Crippen LogP contribution in [-0.2, 0) is 4.79 Å². The summed E-state index contributed by atoms with van der Waals surface area (Å²) in [7, 11) is 3.64. The first-order valence-electron chi connectivity index (χ1n) is 9.14. The highest BCUT2D eigenvalue weighted by molar-refractivity contribution is 7.80. The molecule has 1 amide bonds. The number of nitrogens with zero attached hydrogens (tertiary/aromatic N) is 3. The maximum atomic E-state index is 13.1. The van der Waals surface area contributed by atoms with Gasteiger partial charge in [0.2, 0.25) is 6.17 Å². The number of thiocarbonyl (C=S) groups is 1. The third-order valence-electron chi connectivity index (χ3n) is 4.61. The number of fused-ring (bicyclic) bond motifs is 1. The highest BCUT2D eigenvalue weighted by Crippen LogP contribution is 2.29. The number of benzene rings is 2. The van der Waals surface area contributed by atoms with Crippen LogP contribution < -0.4 is 10.2 Å². The average Bonchev–Trinajstić information content (AvgIpc) is 2.79. The molecule has 0 saturated carbocycles. The van der Waals surface area contributed by atoms with Crippen LogP contribution in [0.1, 0.15) is 24.5 Å². The average molecular weight is 415 g/mol. The number of nitrogens with one attached hydrogen (secondary N) is 1. The van der Waals surface area contributed by atoms with Crippen molar-refractivity contribution in [3.63, 3.8) is 0 Å². The first-order valence-corrected chi connectivity index (χ1v) is 9.93. The van der Waals surface area contributed by atoms with E-state index in [-0.39, 0.29) is 5.91 Å². The van der Waals surface area contributed by atoms with Gasteiger partial charge in [-0.2, -0.15) is 0 Å². The Balaban J connectivity index is 2.09. The zero-order chi connectivity index (χ0) is 20.3. The standard InChI is InChI=1S/C21H23ClN4OS/c1-4-12-25(2)21(28)24-19-20(27)26(3)17-11-10-15(22)13-16(17)18(23-19)14-8-6-5-7-9-14/h5-11,13,19H,4,12H2,1-3H3,(H,24,28). The molecule has 3 rings (SSSR count). The Bertz CT molecular complexity index is 916. The summed E-state index contributed by atoms with van der Waals surface area (Å²) in [6.07, 6.45) is 0.137. The van der Waals surface area contributed by atoms with Gasteiger partial charge in [0.25, 0.3) is 5.91 Å². The number of anilines is 1. The van der Waals surface area contributed by atoms with Crippen molar-refractivity contribution in [3.05, 3.63) is 64.7 Å². The minimum absolute atomic E-state index is 0.179. The van der Waals surface area contributed by atoms with Crippen molar-refractivity contribution in [1.82, 2.24) is 10.2 Å². The van der Waals surface area contributed by atoms with Crippen molar-refractivity contribution in [3.8, 4) is 0 Å². The Labute approximate surface area is 176 Å². The minimum Gasteiger partial charge on any atom is -0.352 e. The van der Waals surface area contributed by atoms with E-state index in [1.165, 1.54) is 0 Å². The fourth-order valence-electron chi connectivity index (χ4n) is 3.13. The third-order valence-corrected chi connectivity index (χ3v) is 5.28. The van der Waals surface area contributed by atoms with Crippen molar-refractivity contribution < 1.29 is 4.79 Å². The van der Waals surface area contributed by atoms with Crippen molar-refractivity contribution in [2.75, 3.05) is 25.5 Å². The summed E-state index contributed by atoms with van der Waals surface area (Å²) in [4.78, 5) is 21.4. The Kier molecular flexibility index (Phi) is 6.31. The van der Waals surface area contributed by atoms with Gasteiger partial charge in [0.05, 0.1) is 11.4 Å². The second-order valence-corrected chi connectivity index (χ2v) is 7.50. The van der Waals surface area contributed by atoms with E-state index in [9.17, 15) is 4.79 Å². The number of carbonyl (C=O) groups excluding carboxylic acids is 1. The molecule has 2 aromatic rings. The summed E-state index contributed by atoms with van der Waals surface area (Å²) in [6, 6.07) is 15.2. The van der Waals surface area contributed by atoms with Gasteiger partial charge in [-0.3, -0.25) is 4.79 Å². The summed E-state index contributed by atoms with van der Waals surface area (Å²) in [5.74, 6) is -0.179. The van der Waals surface area contributed by atoms with Crippen molar-refractivity contribution >= 4 is 46.2 Å². The quantitative estimate of drug-likeness (QED) is 0.775. The monoisotopic (exact) mass is 414 g/mol. The van der Waals surface area contributed by atoms with Crippen LogP contribution >= 0.6 is 23.8 Å². The van der Waals surface area contributed by atoms with E-state index in [2.05, 4.69) is 12.2 Å². The van der Waals surface area contributed by atoms with E-state index < -0.39 is 6.17 Å². The zero-order valence-electron chi connectivity index (χ0n) is 16.1. The van der Waals surface area contributed by atoms with E-state index in [0.29, 0.717) is 15.8 Å². The summed E-state index contributed by atoms with van der Waals surface area (Å²) in [5, 5.41) is 4.20. The molecule has 7 heteroatoms. The van der Waals surface area contributed by atoms with Crippen LogP contribution in [0.15, 0.2) is 53.5 Å². The molecule has 1 N–H and O–H groups in total. The van der Waals surface area contributed by atoms with Gasteiger partial charge in [0.1, 0.15) is 0 Å². The van der Waals surface area contributed by atoms with Gasteiger partial charge in [0, 0.05) is 36.8 Å². The van der Waals surface area contributed by atoms with Gasteiger partial charge < -0.3 is 15.1 Å². The number of hydrogen-bond donors (Lipinski definition) is 1. The summed E-state index contributed by atoms with van der Waals surface area (Å²) in [6.45, 7) is 2.88. The number of likely N-dealkylation sites (N-methyl/N-ethyl adjacent to an activating group) is 1. The first-order chi connectivity index (χ1) is 13.4. The maximum Gasteiger partial charge on any atom is 0.272 e. The number of halogens is 1.